The molecule has 5 unspecified atom stereocenters. The predicted octanol–water partition coefficient (Wildman–Crippen LogP) is 2.33. The second kappa shape index (κ2) is 5.37. The maximum Gasteiger partial charge on any atom is 0.290 e. The third-order valence-corrected chi connectivity index (χ3v) is 5.09. The summed E-state index contributed by atoms with van der Waals surface area (Å²) in [6.45, 7) is 7.82. The fraction of sp³-hybridized carbons (Fsp3) is 0.688. The number of aliphatic hydroxyl groups is 1. The third kappa shape index (κ3) is 2.79. The van der Waals surface area contributed by atoms with Crippen molar-refractivity contribution < 1.29 is 15.4 Å². The molecule has 0 saturated heterocycles. The number of aromatic nitrogens is 1. The Kier molecular flexibility index (Phi) is 4.06. The van der Waals surface area contributed by atoms with Gasteiger partial charge in [0.05, 0.1) is 17.4 Å². The van der Waals surface area contributed by atoms with E-state index in [0.29, 0.717) is 17.1 Å². The van der Waals surface area contributed by atoms with Crippen LogP contribution in [0.2, 0.25) is 0 Å². The lowest BCUT2D eigenvalue weighted by molar-refractivity contribution is -0.0169. The van der Waals surface area contributed by atoms with Crippen molar-refractivity contribution in [3.63, 3.8) is 0 Å². The van der Waals surface area contributed by atoms with Crippen LogP contribution in [0.1, 0.15) is 52.0 Å². The second-order valence-corrected chi connectivity index (χ2v) is 6.96. The standard InChI is InChI=1S/C16H25NO4/c1-9-7-10(2)13(11(3)16(4,20)8-9)14-12(18)5-6-17(21)15(14)19/h5-6,9-11,13,18,20-21H,7-8H2,1-4H3. The summed E-state index contributed by atoms with van der Waals surface area (Å²) in [5.41, 5.74) is -1.32. The summed E-state index contributed by atoms with van der Waals surface area (Å²) in [7, 11) is 0. The Labute approximate surface area is 124 Å². The summed E-state index contributed by atoms with van der Waals surface area (Å²) in [6.07, 6.45) is 2.66. The van der Waals surface area contributed by atoms with Crippen LogP contribution >= 0.6 is 0 Å². The topological polar surface area (TPSA) is 82.7 Å². The van der Waals surface area contributed by atoms with E-state index in [1.807, 2.05) is 13.8 Å². The summed E-state index contributed by atoms with van der Waals surface area (Å²) in [4.78, 5) is 12.3. The number of pyridine rings is 1. The van der Waals surface area contributed by atoms with E-state index in [2.05, 4.69) is 6.92 Å². The molecule has 0 spiro atoms. The van der Waals surface area contributed by atoms with Gasteiger partial charge in [-0.3, -0.25) is 4.79 Å². The zero-order valence-electron chi connectivity index (χ0n) is 13.1. The summed E-state index contributed by atoms with van der Waals surface area (Å²) in [5.74, 6) is -0.135. The first-order valence-corrected chi connectivity index (χ1v) is 7.51. The number of hydrogen-bond acceptors (Lipinski definition) is 4. The maximum absolute atomic E-state index is 12.3. The van der Waals surface area contributed by atoms with Gasteiger partial charge in [0.15, 0.2) is 0 Å². The van der Waals surface area contributed by atoms with Crippen molar-refractivity contribution in [2.24, 2.45) is 17.8 Å². The van der Waals surface area contributed by atoms with Gasteiger partial charge in [-0.05, 0) is 37.5 Å². The van der Waals surface area contributed by atoms with E-state index in [1.165, 1.54) is 6.07 Å². The van der Waals surface area contributed by atoms with Gasteiger partial charge in [0.25, 0.3) is 5.56 Å². The van der Waals surface area contributed by atoms with Crippen LogP contribution in [0.5, 0.6) is 5.75 Å². The largest absolute Gasteiger partial charge is 0.507 e. The molecule has 5 atom stereocenters. The minimum atomic E-state index is -0.913. The SMILES string of the molecule is CC1CC(C)C(c2c(O)ccn(O)c2=O)C(C)C(C)(O)C1. The van der Waals surface area contributed by atoms with Crippen LogP contribution in [0.25, 0.3) is 0 Å². The highest BCUT2D eigenvalue weighted by Gasteiger charge is 2.43. The number of hydrogen-bond donors (Lipinski definition) is 3. The van der Waals surface area contributed by atoms with Crippen LogP contribution in [0, 0.1) is 17.8 Å². The highest BCUT2D eigenvalue weighted by Crippen LogP contribution is 2.47. The van der Waals surface area contributed by atoms with E-state index in [4.69, 9.17) is 0 Å². The van der Waals surface area contributed by atoms with Crippen molar-refractivity contribution in [1.29, 1.82) is 0 Å². The fourth-order valence-corrected chi connectivity index (χ4v) is 4.02. The van der Waals surface area contributed by atoms with E-state index < -0.39 is 11.2 Å². The molecular weight excluding hydrogens is 270 g/mol. The molecule has 0 radical (unpaired) electrons. The third-order valence-electron chi connectivity index (χ3n) is 5.09. The molecule has 1 aromatic heterocycles. The van der Waals surface area contributed by atoms with E-state index in [0.717, 1.165) is 12.6 Å². The van der Waals surface area contributed by atoms with Gasteiger partial charge in [0.1, 0.15) is 5.75 Å². The minimum Gasteiger partial charge on any atom is -0.507 e. The number of aromatic hydroxyl groups is 1. The summed E-state index contributed by atoms with van der Waals surface area (Å²) in [6, 6.07) is 1.32. The molecule has 5 nitrogen and oxygen atoms in total. The summed E-state index contributed by atoms with van der Waals surface area (Å²) < 4.78 is 0.498. The predicted molar refractivity (Wildman–Crippen MR) is 79.6 cm³/mol. The average Bonchev–Trinajstić information content (AvgIpc) is 2.43. The molecule has 1 saturated carbocycles. The second-order valence-electron chi connectivity index (χ2n) is 6.96. The molecule has 21 heavy (non-hydrogen) atoms. The Morgan fingerprint density at radius 2 is 1.95 bits per heavy atom. The van der Waals surface area contributed by atoms with Crippen LogP contribution in [0.3, 0.4) is 0 Å². The van der Waals surface area contributed by atoms with Crippen molar-refractivity contribution in [3.8, 4) is 5.75 Å². The lowest BCUT2D eigenvalue weighted by Gasteiger charge is -2.36. The van der Waals surface area contributed by atoms with Gasteiger partial charge in [-0.2, -0.15) is 4.73 Å². The zero-order valence-corrected chi connectivity index (χ0v) is 13.1. The van der Waals surface area contributed by atoms with Crippen LogP contribution < -0.4 is 5.56 Å². The molecule has 0 aliphatic heterocycles. The van der Waals surface area contributed by atoms with Gasteiger partial charge in [0, 0.05) is 12.0 Å². The van der Waals surface area contributed by atoms with Crippen LogP contribution in [-0.4, -0.2) is 25.8 Å². The first-order chi connectivity index (χ1) is 9.65. The molecule has 1 aromatic rings. The van der Waals surface area contributed by atoms with Crippen molar-refractivity contribution in [2.45, 2.75) is 52.1 Å². The molecule has 1 heterocycles. The highest BCUT2D eigenvalue weighted by molar-refractivity contribution is 5.34. The molecule has 1 fully saturated rings. The summed E-state index contributed by atoms with van der Waals surface area (Å²) in [5, 5.41) is 30.5. The number of nitrogens with zero attached hydrogens (tertiary/aromatic N) is 1. The number of rotatable bonds is 1. The van der Waals surface area contributed by atoms with Gasteiger partial charge in [-0.25, -0.2) is 0 Å². The average molecular weight is 295 g/mol. The molecule has 3 N–H and O–H groups in total. The quantitative estimate of drug-likeness (QED) is 0.548. The lowest BCUT2D eigenvalue weighted by atomic mass is 9.72. The Morgan fingerprint density at radius 1 is 1.33 bits per heavy atom. The molecule has 0 bridgehead atoms. The van der Waals surface area contributed by atoms with Crippen molar-refractivity contribution in [3.05, 3.63) is 28.2 Å². The molecular formula is C16H25NO4. The monoisotopic (exact) mass is 295 g/mol. The first kappa shape index (κ1) is 15.9. The molecule has 118 valence electrons. The smallest absolute Gasteiger partial charge is 0.290 e. The normalized spacial score (nSPS) is 37.2. The van der Waals surface area contributed by atoms with Gasteiger partial charge in [-0.15, -0.1) is 0 Å². The molecule has 0 amide bonds. The molecule has 2 rings (SSSR count). The molecule has 0 aromatic carbocycles. The lowest BCUT2D eigenvalue weighted by Crippen LogP contribution is -2.39. The van der Waals surface area contributed by atoms with E-state index >= 15 is 0 Å². The Bertz CT molecular complexity index is 578. The van der Waals surface area contributed by atoms with Gasteiger partial charge >= 0.3 is 0 Å². The highest BCUT2D eigenvalue weighted by atomic mass is 16.5. The van der Waals surface area contributed by atoms with Gasteiger partial charge in [0.2, 0.25) is 0 Å². The Hall–Kier alpha value is -1.49. The van der Waals surface area contributed by atoms with E-state index in [1.54, 1.807) is 6.92 Å². The van der Waals surface area contributed by atoms with Crippen LogP contribution in [0.15, 0.2) is 17.1 Å². The molecule has 5 heteroatoms. The molecule has 1 aliphatic carbocycles. The van der Waals surface area contributed by atoms with E-state index in [-0.39, 0.29) is 29.1 Å². The Balaban J connectivity index is 2.60. The van der Waals surface area contributed by atoms with Crippen molar-refractivity contribution >= 4 is 0 Å². The van der Waals surface area contributed by atoms with Gasteiger partial charge < -0.3 is 15.4 Å². The maximum atomic E-state index is 12.3. The Morgan fingerprint density at radius 3 is 2.57 bits per heavy atom. The summed E-state index contributed by atoms with van der Waals surface area (Å²) >= 11 is 0. The van der Waals surface area contributed by atoms with Crippen LogP contribution in [-0.2, 0) is 0 Å². The molecule has 1 aliphatic rings. The van der Waals surface area contributed by atoms with E-state index in [9.17, 15) is 20.2 Å². The van der Waals surface area contributed by atoms with Crippen LogP contribution in [0.4, 0.5) is 0 Å². The van der Waals surface area contributed by atoms with Crippen molar-refractivity contribution in [2.75, 3.05) is 0 Å². The zero-order chi connectivity index (χ0) is 15.9. The fourth-order valence-electron chi connectivity index (χ4n) is 4.02. The minimum absolute atomic E-state index is 0.112. The first-order valence-electron chi connectivity index (χ1n) is 7.51. The van der Waals surface area contributed by atoms with Gasteiger partial charge in [-0.1, -0.05) is 20.8 Å². The van der Waals surface area contributed by atoms with Crippen molar-refractivity contribution in [1.82, 2.24) is 4.73 Å².